The Balaban J connectivity index is 2.54. The average Bonchev–Trinajstić information content (AvgIpc) is 2.19. The van der Waals surface area contributed by atoms with Crippen LogP contribution < -0.4 is 5.32 Å². The highest BCUT2D eigenvalue weighted by Crippen LogP contribution is 2.09. The molecule has 0 radical (unpaired) electrons. The Hall–Kier alpha value is -0.570. The van der Waals surface area contributed by atoms with Gasteiger partial charge in [-0.05, 0) is 25.3 Å². The third kappa shape index (κ3) is 2.99. The van der Waals surface area contributed by atoms with E-state index >= 15 is 0 Å². The summed E-state index contributed by atoms with van der Waals surface area (Å²) in [5.41, 5.74) is 0. The van der Waals surface area contributed by atoms with Crippen molar-refractivity contribution in [2.24, 2.45) is 5.92 Å². The number of hydrogen-bond donors (Lipinski definition) is 1. The molecule has 0 aliphatic carbocycles. The van der Waals surface area contributed by atoms with E-state index in [2.05, 4.69) is 19.2 Å². The number of likely N-dealkylation sites (N-methyl/N-ethyl adjacent to an activating group) is 1. The molecule has 1 unspecified atom stereocenters. The molecule has 1 aliphatic heterocycles. The summed E-state index contributed by atoms with van der Waals surface area (Å²) < 4.78 is 0. The van der Waals surface area contributed by atoms with Crippen molar-refractivity contribution >= 4 is 5.91 Å². The van der Waals surface area contributed by atoms with E-state index in [-0.39, 0.29) is 11.9 Å². The van der Waals surface area contributed by atoms with Gasteiger partial charge in [-0.2, -0.15) is 0 Å². The van der Waals surface area contributed by atoms with Gasteiger partial charge in [0.2, 0.25) is 5.91 Å². The molecule has 76 valence electrons. The first-order valence-corrected chi connectivity index (χ1v) is 5.09. The smallest absolute Gasteiger partial charge is 0.239 e. The molecule has 0 aromatic heterocycles. The van der Waals surface area contributed by atoms with E-state index in [1.54, 1.807) is 0 Å². The van der Waals surface area contributed by atoms with Crippen LogP contribution in [0, 0.1) is 5.92 Å². The van der Waals surface area contributed by atoms with Gasteiger partial charge in [0.15, 0.2) is 0 Å². The first-order chi connectivity index (χ1) is 6.11. The summed E-state index contributed by atoms with van der Waals surface area (Å²) in [7, 11) is 1.89. The molecule has 0 bridgehead atoms. The van der Waals surface area contributed by atoms with Gasteiger partial charge in [-0.15, -0.1) is 0 Å². The highest BCUT2D eigenvalue weighted by Gasteiger charge is 2.24. The van der Waals surface area contributed by atoms with Crippen LogP contribution in [-0.4, -0.2) is 37.0 Å². The molecule has 0 spiro atoms. The molecule has 1 amide bonds. The largest absolute Gasteiger partial charge is 0.344 e. The second kappa shape index (κ2) is 4.61. The molecule has 13 heavy (non-hydrogen) atoms. The van der Waals surface area contributed by atoms with Crippen LogP contribution in [0.15, 0.2) is 0 Å². The van der Waals surface area contributed by atoms with E-state index in [0.717, 1.165) is 25.9 Å². The lowest BCUT2D eigenvalue weighted by molar-refractivity contribution is -0.131. The Labute approximate surface area is 80.5 Å². The molecule has 1 atom stereocenters. The van der Waals surface area contributed by atoms with Gasteiger partial charge in [-0.3, -0.25) is 4.79 Å². The molecule has 1 aliphatic rings. The number of carbonyl (C=O) groups is 1. The molecular weight excluding hydrogens is 164 g/mol. The third-order valence-electron chi connectivity index (χ3n) is 2.44. The fourth-order valence-electron chi connectivity index (χ4n) is 1.71. The van der Waals surface area contributed by atoms with E-state index in [9.17, 15) is 4.79 Å². The fraction of sp³-hybridized carbons (Fsp3) is 0.900. The van der Waals surface area contributed by atoms with Gasteiger partial charge in [0.1, 0.15) is 0 Å². The van der Waals surface area contributed by atoms with E-state index in [0.29, 0.717) is 5.92 Å². The number of hydrogen-bond acceptors (Lipinski definition) is 2. The highest BCUT2D eigenvalue weighted by atomic mass is 16.2. The van der Waals surface area contributed by atoms with Crippen LogP contribution in [0.1, 0.15) is 26.7 Å². The Morgan fingerprint density at radius 1 is 1.62 bits per heavy atom. The maximum atomic E-state index is 11.7. The first kappa shape index (κ1) is 10.5. The zero-order valence-electron chi connectivity index (χ0n) is 8.84. The molecule has 0 aromatic carbocycles. The second-order valence-corrected chi connectivity index (χ2v) is 4.25. The summed E-state index contributed by atoms with van der Waals surface area (Å²) >= 11 is 0. The van der Waals surface area contributed by atoms with Gasteiger partial charge in [-0.25, -0.2) is 0 Å². The van der Waals surface area contributed by atoms with Crippen LogP contribution in [0.4, 0.5) is 0 Å². The number of nitrogens with zero attached hydrogens (tertiary/aromatic N) is 1. The summed E-state index contributed by atoms with van der Waals surface area (Å²) in [5, 5.41) is 3.30. The summed E-state index contributed by atoms with van der Waals surface area (Å²) in [6.07, 6.45) is 2.01. The molecule has 1 heterocycles. The molecule has 1 saturated heterocycles. The van der Waals surface area contributed by atoms with Crippen molar-refractivity contribution in [1.82, 2.24) is 10.2 Å². The number of nitrogens with one attached hydrogen (secondary N) is 1. The van der Waals surface area contributed by atoms with Crippen molar-refractivity contribution in [3.05, 3.63) is 0 Å². The predicted molar refractivity (Wildman–Crippen MR) is 53.5 cm³/mol. The van der Waals surface area contributed by atoms with Gasteiger partial charge >= 0.3 is 0 Å². The lowest BCUT2D eigenvalue weighted by atomic mass is 10.0. The Kier molecular flexibility index (Phi) is 3.72. The fourth-order valence-corrected chi connectivity index (χ4v) is 1.71. The maximum absolute atomic E-state index is 11.7. The lowest BCUT2D eigenvalue weighted by Gasteiger charge is -2.21. The average molecular weight is 184 g/mol. The van der Waals surface area contributed by atoms with E-state index in [1.807, 2.05) is 11.9 Å². The van der Waals surface area contributed by atoms with E-state index in [1.165, 1.54) is 0 Å². The molecule has 1 rings (SSSR count). The van der Waals surface area contributed by atoms with Gasteiger partial charge < -0.3 is 10.2 Å². The van der Waals surface area contributed by atoms with Gasteiger partial charge in [0, 0.05) is 13.6 Å². The Bertz CT molecular complexity index is 180. The number of rotatable bonds is 2. The summed E-state index contributed by atoms with van der Waals surface area (Å²) in [6.45, 7) is 6.16. The van der Waals surface area contributed by atoms with Gasteiger partial charge in [-0.1, -0.05) is 13.8 Å². The minimum Gasteiger partial charge on any atom is -0.344 e. The SMILES string of the molecule is CC(C)CC1NCCCN(C)C1=O. The normalized spacial score (nSPS) is 25.1. The van der Waals surface area contributed by atoms with Crippen molar-refractivity contribution in [2.75, 3.05) is 20.1 Å². The van der Waals surface area contributed by atoms with Crippen molar-refractivity contribution in [1.29, 1.82) is 0 Å². The molecule has 1 fully saturated rings. The van der Waals surface area contributed by atoms with Crippen LogP contribution >= 0.6 is 0 Å². The zero-order chi connectivity index (χ0) is 9.84. The van der Waals surface area contributed by atoms with Crippen LogP contribution in [0.25, 0.3) is 0 Å². The van der Waals surface area contributed by atoms with E-state index in [4.69, 9.17) is 0 Å². The van der Waals surface area contributed by atoms with Crippen molar-refractivity contribution in [2.45, 2.75) is 32.7 Å². The maximum Gasteiger partial charge on any atom is 0.239 e. The van der Waals surface area contributed by atoms with Crippen LogP contribution in [0.2, 0.25) is 0 Å². The molecular formula is C10H20N2O. The number of amides is 1. The Morgan fingerprint density at radius 3 is 2.92 bits per heavy atom. The summed E-state index contributed by atoms with van der Waals surface area (Å²) in [6, 6.07) is 0.0486. The third-order valence-corrected chi connectivity index (χ3v) is 2.44. The van der Waals surface area contributed by atoms with Crippen LogP contribution in [0.3, 0.4) is 0 Å². The lowest BCUT2D eigenvalue weighted by Crippen LogP contribution is -2.42. The van der Waals surface area contributed by atoms with Gasteiger partial charge in [0.05, 0.1) is 6.04 Å². The van der Waals surface area contributed by atoms with Crippen molar-refractivity contribution in [3.8, 4) is 0 Å². The highest BCUT2D eigenvalue weighted by molar-refractivity contribution is 5.81. The minimum absolute atomic E-state index is 0.0486. The minimum atomic E-state index is 0.0486. The molecule has 0 aromatic rings. The topological polar surface area (TPSA) is 32.3 Å². The van der Waals surface area contributed by atoms with E-state index < -0.39 is 0 Å². The number of carbonyl (C=O) groups excluding carboxylic acids is 1. The monoisotopic (exact) mass is 184 g/mol. The Morgan fingerprint density at radius 2 is 2.31 bits per heavy atom. The van der Waals surface area contributed by atoms with Crippen LogP contribution in [-0.2, 0) is 4.79 Å². The van der Waals surface area contributed by atoms with Gasteiger partial charge in [0.25, 0.3) is 0 Å². The quantitative estimate of drug-likeness (QED) is 0.690. The summed E-state index contributed by atoms with van der Waals surface area (Å²) in [4.78, 5) is 13.6. The van der Waals surface area contributed by atoms with Crippen LogP contribution in [0.5, 0.6) is 0 Å². The zero-order valence-corrected chi connectivity index (χ0v) is 8.84. The second-order valence-electron chi connectivity index (χ2n) is 4.25. The first-order valence-electron chi connectivity index (χ1n) is 5.09. The molecule has 1 N–H and O–H groups in total. The summed E-state index contributed by atoms with van der Waals surface area (Å²) in [5.74, 6) is 0.833. The molecule has 3 nitrogen and oxygen atoms in total. The molecule has 3 heteroatoms. The predicted octanol–water partition coefficient (Wildman–Crippen LogP) is 0.853. The van der Waals surface area contributed by atoms with Crippen molar-refractivity contribution < 1.29 is 4.79 Å². The standard InChI is InChI=1S/C10H20N2O/c1-8(2)7-9-10(13)12(3)6-4-5-11-9/h8-9,11H,4-7H2,1-3H3. The molecule has 0 saturated carbocycles. The van der Waals surface area contributed by atoms with Crippen molar-refractivity contribution in [3.63, 3.8) is 0 Å².